The molecule has 0 radical (unpaired) electrons. The number of morpholine rings is 1. The van der Waals surface area contributed by atoms with Crippen molar-refractivity contribution in [2.75, 3.05) is 19.8 Å². The maximum Gasteiger partial charge on any atom is 0.0622 e. The maximum atomic E-state index is 5.45. The largest absolute Gasteiger partial charge is 0.378 e. The molecule has 0 saturated carbocycles. The molecule has 58 valence electrons. The lowest BCUT2D eigenvalue weighted by molar-refractivity contribution is -0.0231. The van der Waals surface area contributed by atoms with Crippen molar-refractivity contribution in [3.63, 3.8) is 0 Å². The Balaban J connectivity index is 2.03. The van der Waals surface area contributed by atoms with Gasteiger partial charge in [-0.2, -0.15) is 0 Å². The summed E-state index contributed by atoms with van der Waals surface area (Å²) in [5.41, 5.74) is 0. The van der Waals surface area contributed by atoms with Crippen molar-refractivity contribution >= 4 is 0 Å². The van der Waals surface area contributed by atoms with Crippen molar-refractivity contribution in [1.29, 1.82) is 0 Å². The quantitative estimate of drug-likeness (QED) is 0.496. The highest BCUT2D eigenvalue weighted by atomic mass is 16.5. The Morgan fingerprint density at radius 2 is 2.30 bits per heavy atom. The lowest BCUT2D eigenvalue weighted by Crippen LogP contribution is -2.47. The highest BCUT2D eigenvalue weighted by molar-refractivity contribution is 4.85. The molecular formula is C8H15NO. The van der Waals surface area contributed by atoms with E-state index in [1.807, 2.05) is 0 Å². The summed E-state index contributed by atoms with van der Waals surface area (Å²) in [7, 11) is 0. The highest BCUT2D eigenvalue weighted by Gasteiger charge is 2.31. The van der Waals surface area contributed by atoms with E-state index in [0.29, 0.717) is 6.04 Å². The van der Waals surface area contributed by atoms with Crippen LogP contribution in [0.3, 0.4) is 0 Å². The Bertz CT molecular complexity index is 126. The number of hydrogen-bond donors (Lipinski definition) is 0. The molecule has 0 aromatic carbocycles. The van der Waals surface area contributed by atoms with Crippen LogP contribution in [0.25, 0.3) is 0 Å². The van der Waals surface area contributed by atoms with Crippen LogP contribution >= 0.6 is 0 Å². The monoisotopic (exact) mass is 141 g/mol. The molecule has 0 amide bonds. The fraction of sp³-hybridized carbons (Fsp3) is 1.00. The van der Waals surface area contributed by atoms with Crippen LogP contribution < -0.4 is 0 Å². The van der Waals surface area contributed by atoms with E-state index in [-0.39, 0.29) is 0 Å². The summed E-state index contributed by atoms with van der Waals surface area (Å²) >= 11 is 0. The number of ether oxygens (including phenoxy) is 1. The molecule has 2 atom stereocenters. The smallest absolute Gasteiger partial charge is 0.0622 e. The minimum atomic E-state index is 0.668. The van der Waals surface area contributed by atoms with Gasteiger partial charge < -0.3 is 4.74 Å². The van der Waals surface area contributed by atoms with E-state index in [4.69, 9.17) is 4.74 Å². The zero-order valence-corrected chi connectivity index (χ0v) is 6.55. The first-order valence-corrected chi connectivity index (χ1v) is 4.21. The first-order valence-electron chi connectivity index (χ1n) is 4.21. The third-order valence-corrected chi connectivity index (χ3v) is 2.66. The molecule has 2 heteroatoms. The average molecular weight is 141 g/mol. The van der Waals surface area contributed by atoms with Crippen LogP contribution in [0, 0.1) is 0 Å². The topological polar surface area (TPSA) is 12.5 Å². The van der Waals surface area contributed by atoms with E-state index in [1.165, 1.54) is 19.4 Å². The molecule has 2 fully saturated rings. The second-order valence-corrected chi connectivity index (χ2v) is 3.42. The van der Waals surface area contributed by atoms with Gasteiger partial charge >= 0.3 is 0 Å². The molecular weight excluding hydrogens is 126 g/mol. The van der Waals surface area contributed by atoms with Crippen LogP contribution in [0.1, 0.15) is 19.8 Å². The molecule has 0 N–H and O–H groups in total. The maximum absolute atomic E-state index is 5.45. The minimum Gasteiger partial charge on any atom is -0.378 e. The van der Waals surface area contributed by atoms with Gasteiger partial charge in [0.25, 0.3) is 0 Å². The lowest BCUT2D eigenvalue weighted by Gasteiger charge is -2.35. The van der Waals surface area contributed by atoms with E-state index in [1.54, 1.807) is 0 Å². The predicted molar refractivity (Wildman–Crippen MR) is 40.0 cm³/mol. The van der Waals surface area contributed by atoms with Crippen LogP contribution in [0.5, 0.6) is 0 Å². The first kappa shape index (κ1) is 6.62. The summed E-state index contributed by atoms with van der Waals surface area (Å²) in [5, 5.41) is 0. The van der Waals surface area contributed by atoms with Crippen molar-refractivity contribution in [2.24, 2.45) is 0 Å². The number of fused-ring (bicyclic) bond motifs is 1. The first-order chi connectivity index (χ1) is 4.88. The Kier molecular flexibility index (Phi) is 1.66. The number of hydrogen-bond acceptors (Lipinski definition) is 2. The van der Waals surface area contributed by atoms with E-state index in [0.717, 1.165) is 19.3 Å². The van der Waals surface area contributed by atoms with Crippen LogP contribution in [-0.4, -0.2) is 36.7 Å². The SMILES string of the molecule is C[C@H]1COCC2CCCN21. The van der Waals surface area contributed by atoms with Gasteiger partial charge in [0.05, 0.1) is 13.2 Å². The second kappa shape index (κ2) is 2.51. The average Bonchev–Trinajstić information content (AvgIpc) is 2.36. The number of rotatable bonds is 0. The van der Waals surface area contributed by atoms with Gasteiger partial charge in [0.15, 0.2) is 0 Å². The summed E-state index contributed by atoms with van der Waals surface area (Å²) in [5.74, 6) is 0. The molecule has 2 aliphatic rings. The Morgan fingerprint density at radius 3 is 3.10 bits per heavy atom. The van der Waals surface area contributed by atoms with Gasteiger partial charge in [-0.25, -0.2) is 0 Å². The molecule has 2 heterocycles. The molecule has 2 rings (SSSR count). The molecule has 1 unspecified atom stereocenters. The molecule has 10 heavy (non-hydrogen) atoms. The van der Waals surface area contributed by atoms with Crippen molar-refractivity contribution < 1.29 is 4.74 Å². The zero-order chi connectivity index (χ0) is 6.97. The van der Waals surface area contributed by atoms with E-state index >= 15 is 0 Å². The van der Waals surface area contributed by atoms with Crippen molar-refractivity contribution in [3.8, 4) is 0 Å². The van der Waals surface area contributed by atoms with Crippen LogP contribution in [0.2, 0.25) is 0 Å². The van der Waals surface area contributed by atoms with E-state index in [2.05, 4.69) is 11.8 Å². The third-order valence-electron chi connectivity index (χ3n) is 2.66. The van der Waals surface area contributed by atoms with Gasteiger partial charge in [-0.3, -0.25) is 4.90 Å². The Morgan fingerprint density at radius 1 is 1.40 bits per heavy atom. The Hall–Kier alpha value is -0.0800. The normalized spacial score (nSPS) is 41.7. The van der Waals surface area contributed by atoms with E-state index in [9.17, 15) is 0 Å². The third kappa shape index (κ3) is 0.956. The molecule has 0 aliphatic carbocycles. The molecule has 2 nitrogen and oxygen atoms in total. The molecule has 0 spiro atoms. The van der Waals surface area contributed by atoms with Gasteiger partial charge in [-0.05, 0) is 26.3 Å². The van der Waals surface area contributed by atoms with Crippen molar-refractivity contribution in [3.05, 3.63) is 0 Å². The number of nitrogens with zero attached hydrogens (tertiary/aromatic N) is 1. The van der Waals surface area contributed by atoms with Gasteiger partial charge in [-0.15, -0.1) is 0 Å². The van der Waals surface area contributed by atoms with Crippen LogP contribution in [0.15, 0.2) is 0 Å². The fourth-order valence-corrected chi connectivity index (χ4v) is 2.09. The van der Waals surface area contributed by atoms with Crippen LogP contribution in [0.4, 0.5) is 0 Å². The van der Waals surface area contributed by atoms with Gasteiger partial charge in [-0.1, -0.05) is 0 Å². The zero-order valence-electron chi connectivity index (χ0n) is 6.55. The fourth-order valence-electron chi connectivity index (χ4n) is 2.09. The second-order valence-electron chi connectivity index (χ2n) is 3.42. The van der Waals surface area contributed by atoms with Crippen molar-refractivity contribution in [1.82, 2.24) is 4.90 Å². The van der Waals surface area contributed by atoms with Gasteiger partial charge in [0.1, 0.15) is 0 Å². The van der Waals surface area contributed by atoms with Crippen LogP contribution in [-0.2, 0) is 4.74 Å². The molecule has 0 aromatic rings. The Labute approximate surface area is 62.2 Å². The summed E-state index contributed by atoms with van der Waals surface area (Å²) in [6.45, 7) is 5.48. The highest BCUT2D eigenvalue weighted by Crippen LogP contribution is 2.23. The summed E-state index contributed by atoms with van der Waals surface area (Å²) in [6.07, 6.45) is 2.72. The predicted octanol–water partition coefficient (Wildman–Crippen LogP) is 0.869. The summed E-state index contributed by atoms with van der Waals surface area (Å²) in [6, 6.07) is 1.42. The van der Waals surface area contributed by atoms with Gasteiger partial charge in [0.2, 0.25) is 0 Å². The van der Waals surface area contributed by atoms with E-state index < -0.39 is 0 Å². The molecule has 2 aliphatic heterocycles. The van der Waals surface area contributed by atoms with Gasteiger partial charge in [0, 0.05) is 12.1 Å². The molecule has 0 bridgehead atoms. The minimum absolute atomic E-state index is 0.668. The summed E-state index contributed by atoms with van der Waals surface area (Å²) < 4.78 is 5.45. The lowest BCUT2D eigenvalue weighted by atomic mass is 10.2. The van der Waals surface area contributed by atoms with Crippen molar-refractivity contribution in [2.45, 2.75) is 31.8 Å². The molecule has 0 aromatic heterocycles. The standard InChI is InChI=1S/C8H15NO/c1-7-5-10-6-8-3-2-4-9(7)8/h7-8H,2-6H2,1H3/t7-,8?/m0/s1. The molecule has 2 saturated heterocycles. The summed E-state index contributed by atoms with van der Waals surface area (Å²) in [4.78, 5) is 2.59.